The molecule has 0 saturated heterocycles. The lowest BCUT2D eigenvalue weighted by molar-refractivity contribution is 0.251. The molecule has 0 spiro atoms. The van der Waals surface area contributed by atoms with Crippen LogP contribution in [0.25, 0.3) is 0 Å². The van der Waals surface area contributed by atoms with E-state index in [4.69, 9.17) is 4.52 Å². The van der Waals surface area contributed by atoms with Gasteiger partial charge in [0.25, 0.3) is 0 Å². The first kappa shape index (κ1) is 15.9. The standard InChI is InChI=1S/C15H17F2N3O2/c1-8(13-9(2)20-22-10(13)3)7-18-15(21)19-12-6-4-5-11(16)14(12)17/h4-6,8H,7H2,1-3H3,(H2,18,19,21)/t8-/m0/s1. The first-order valence-corrected chi connectivity index (χ1v) is 6.81. The van der Waals surface area contributed by atoms with Crippen LogP contribution in [0.4, 0.5) is 19.3 Å². The lowest BCUT2D eigenvalue weighted by Crippen LogP contribution is -2.32. The van der Waals surface area contributed by atoms with E-state index in [1.165, 1.54) is 12.1 Å². The number of carbonyl (C=O) groups is 1. The Morgan fingerprint density at radius 2 is 2.09 bits per heavy atom. The fourth-order valence-corrected chi connectivity index (χ4v) is 2.31. The van der Waals surface area contributed by atoms with Gasteiger partial charge in [0.2, 0.25) is 0 Å². The van der Waals surface area contributed by atoms with Crippen LogP contribution < -0.4 is 10.6 Å². The molecular weight excluding hydrogens is 292 g/mol. The van der Waals surface area contributed by atoms with Gasteiger partial charge >= 0.3 is 6.03 Å². The van der Waals surface area contributed by atoms with Crippen molar-refractivity contribution < 1.29 is 18.1 Å². The van der Waals surface area contributed by atoms with E-state index in [0.717, 1.165) is 17.3 Å². The molecule has 1 aromatic carbocycles. The number of aromatic nitrogens is 1. The van der Waals surface area contributed by atoms with E-state index < -0.39 is 17.7 Å². The van der Waals surface area contributed by atoms with Crippen LogP contribution in [0.3, 0.4) is 0 Å². The largest absolute Gasteiger partial charge is 0.361 e. The zero-order chi connectivity index (χ0) is 16.3. The number of nitrogens with zero attached hydrogens (tertiary/aromatic N) is 1. The molecule has 0 aliphatic carbocycles. The summed E-state index contributed by atoms with van der Waals surface area (Å²) < 4.78 is 31.6. The molecule has 1 heterocycles. The molecule has 22 heavy (non-hydrogen) atoms. The summed E-state index contributed by atoms with van der Waals surface area (Å²) in [5.74, 6) is -1.42. The molecule has 2 aromatic rings. The van der Waals surface area contributed by atoms with E-state index in [1.807, 2.05) is 13.8 Å². The Hall–Kier alpha value is -2.44. The van der Waals surface area contributed by atoms with Crippen molar-refractivity contribution in [2.24, 2.45) is 0 Å². The summed E-state index contributed by atoms with van der Waals surface area (Å²) in [4.78, 5) is 11.8. The number of halogens is 2. The highest BCUT2D eigenvalue weighted by molar-refractivity contribution is 5.89. The van der Waals surface area contributed by atoms with Gasteiger partial charge in [0.15, 0.2) is 11.6 Å². The second-order valence-corrected chi connectivity index (χ2v) is 5.08. The first-order valence-electron chi connectivity index (χ1n) is 6.81. The molecule has 5 nitrogen and oxygen atoms in total. The topological polar surface area (TPSA) is 67.2 Å². The zero-order valence-corrected chi connectivity index (χ0v) is 12.5. The minimum Gasteiger partial charge on any atom is -0.361 e. The number of carbonyl (C=O) groups excluding carboxylic acids is 1. The number of aryl methyl sites for hydroxylation is 2. The first-order chi connectivity index (χ1) is 10.4. The third-order valence-electron chi connectivity index (χ3n) is 3.35. The van der Waals surface area contributed by atoms with Gasteiger partial charge in [-0.25, -0.2) is 13.6 Å². The van der Waals surface area contributed by atoms with Crippen molar-refractivity contribution in [3.8, 4) is 0 Å². The molecule has 118 valence electrons. The number of amides is 2. The summed E-state index contributed by atoms with van der Waals surface area (Å²) in [7, 11) is 0. The second kappa shape index (κ2) is 6.55. The third-order valence-corrected chi connectivity index (χ3v) is 3.35. The molecular formula is C15H17F2N3O2. The summed E-state index contributed by atoms with van der Waals surface area (Å²) in [5, 5.41) is 8.75. The van der Waals surface area contributed by atoms with Crippen LogP contribution in [0.5, 0.6) is 0 Å². The summed E-state index contributed by atoms with van der Waals surface area (Å²) in [6, 6.07) is 2.98. The van der Waals surface area contributed by atoms with E-state index in [0.29, 0.717) is 12.3 Å². The number of anilines is 1. The molecule has 2 rings (SSSR count). The highest BCUT2D eigenvalue weighted by Crippen LogP contribution is 2.22. The Balaban J connectivity index is 1.94. The van der Waals surface area contributed by atoms with Crippen molar-refractivity contribution in [2.75, 3.05) is 11.9 Å². The molecule has 7 heteroatoms. The van der Waals surface area contributed by atoms with Gasteiger partial charge in [-0.3, -0.25) is 0 Å². The van der Waals surface area contributed by atoms with Crippen molar-refractivity contribution in [3.05, 3.63) is 46.9 Å². The second-order valence-electron chi connectivity index (χ2n) is 5.08. The fourth-order valence-electron chi connectivity index (χ4n) is 2.31. The number of rotatable bonds is 4. The zero-order valence-electron chi connectivity index (χ0n) is 12.5. The van der Waals surface area contributed by atoms with Gasteiger partial charge < -0.3 is 15.2 Å². The minimum atomic E-state index is -1.09. The smallest absolute Gasteiger partial charge is 0.319 e. The summed E-state index contributed by atoms with van der Waals surface area (Å²) in [6.45, 7) is 5.85. The van der Waals surface area contributed by atoms with Crippen molar-refractivity contribution >= 4 is 11.7 Å². The molecule has 0 aliphatic heterocycles. The number of hydrogen-bond acceptors (Lipinski definition) is 3. The van der Waals surface area contributed by atoms with Crippen LogP contribution in [-0.4, -0.2) is 17.7 Å². The quantitative estimate of drug-likeness (QED) is 0.908. The maximum atomic E-state index is 13.5. The van der Waals surface area contributed by atoms with E-state index >= 15 is 0 Å². The van der Waals surface area contributed by atoms with Crippen LogP contribution in [-0.2, 0) is 0 Å². The lowest BCUT2D eigenvalue weighted by atomic mass is 10.00. The Morgan fingerprint density at radius 3 is 2.73 bits per heavy atom. The number of benzene rings is 1. The van der Waals surface area contributed by atoms with Crippen molar-refractivity contribution in [1.82, 2.24) is 10.5 Å². The van der Waals surface area contributed by atoms with E-state index in [9.17, 15) is 13.6 Å². The van der Waals surface area contributed by atoms with Crippen LogP contribution in [0.15, 0.2) is 22.7 Å². The fraction of sp³-hybridized carbons (Fsp3) is 0.333. The van der Waals surface area contributed by atoms with Gasteiger partial charge in [0.1, 0.15) is 5.76 Å². The molecule has 0 bridgehead atoms. The average molecular weight is 309 g/mol. The van der Waals surface area contributed by atoms with Gasteiger partial charge in [-0.15, -0.1) is 0 Å². The molecule has 0 aliphatic rings. The van der Waals surface area contributed by atoms with Crippen LogP contribution >= 0.6 is 0 Å². The monoisotopic (exact) mass is 309 g/mol. The van der Waals surface area contributed by atoms with E-state index in [-0.39, 0.29) is 11.6 Å². The maximum Gasteiger partial charge on any atom is 0.319 e. The van der Waals surface area contributed by atoms with Crippen molar-refractivity contribution in [2.45, 2.75) is 26.7 Å². The third kappa shape index (κ3) is 3.41. The predicted molar refractivity (Wildman–Crippen MR) is 77.8 cm³/mol. The average Bonchev–Trinajstić information content (AvgIpc) is 2.81. The number of nitrogens with one attached hydrogen (secondary N) is 2. The van der Waals surface area contributed by atoms with Crippen LogP contribution in [0, 0.1) is 25.5 Å². The minimum absolute atomic E-state index is 0.0191. The van der Waals surface area contributed by atoms with Crippen molar-refractivity contribution in [1.29, 1.82) is 0 Å². The Labute approximate surface area is 126 Å². The molecule has 0 radical (unpaired) electrons. The van der Waals surface area contributed by atoms with E-state index in [2.05, 4.69) is 15.8 Å². The molecule has 2 N–H and O–H groups in total. The molecule has 1 aromatic heterocycles. The van der Waals surface area contributed by atoms with Gasteiger partial charge in [-0.1, -0.05) is 18.1 Å². The predicted octanol–water partition coefficient (Wildman–Crippen LogP) is 3.49. The van der Waals surface area contributed by atoms with Gasteiger partial charge in [0.05, 0.1) is 11.4 Å². The Morgan fingerprint density at radius 1 is 1.36 bits per heavy atom. The van der Waals surface area contributed by atoms with Crippen LogP contribution in [0.1, 0.15) is 29.9 Å². The van der Waals surface area contributed by atoms with Gasteiger partial charge in [-0.2, -0.15) is 0 Å². The SMILES string of the molecule is Cc1noc(C)c1[C@@H](C)CNC(=O)Nc1cccc(F)c1F. The maximum absolute atomic E-state index is 13.5. The Kier molecular flexibility index (Phi) is 4.75. The molecule has 0 fully saturated rings. The highest BCUT2D eigenvalue weighted by Gasteiger charge is 2.17. The normalized spacial score (nSPS) is 12.0. The molecule has 1 atom stereocenters. The van der Waals surface area contributed by atoms with Gasteiger partial charge in [0, 0.05) is 18.0 Å². The summed E-state index contributed by atoms with van der Waals surface area (Å²) in [5.41, 5.74) is 1.49. The summed E-state index contributed by atoms with van der Waals surface area (Å²) >= 11 is 0. The van der Waals surface area contributed by atoms with Crippen molar-refractivity contribution in [3.63, 3.8) is 0 Å². The summed E-state index contributed by atoms with van der Waals surface area (Å²) in [6.07, 6.45) is 0. The number of hydrogen-bond donors (Lipinski definition) is 2. The number of urea groups is 1. The van der Waals surface area contributed by atoms with Gasteiger partial charge in [-0.05, 0) is 26.0 Å². The molecule has 2 amide bonds. The lowest BCUT2D eigenvalue weighted by Gasteiger charge is -2.13. The Bertz CT molecular complexity index is 666. The molecule has 0 saturated carbocycles. The van der Waals surface area contributed by atoms with Crippen LogP contribution in [0.2, 0.25) is 0 Å². The highest BCUT2D eigenvalue weighted by atomic mass is 19.2. The van der Waals surface area contributed by atoms with E-state index in [1.54, 1.807) is 6.92 Å². The molecule has 0 unspecified atom stereocenters.